The third-order valence-corrected chi connectivity index (χ3v) is 3.87. The summed E-state index contributed by atoms with van der Waals surface area (Å²) in [5.41, 5.74) is 0.967. The Morgan fingerprint density at radius 2 is 2.00 bits per heavy atom. The monoisotopic (exact) mass is 329 g/mol. The number of nitrogens with one attached hydrogen (secondary N) is 1. The molecule has 86 valence electrons. The van der Waals surface area contributed by atoms with Gasteiger partial charge in [-0.3, -0.25) is 4.79 Å². The maximum absolute atomic E-state index is 12.1. The minimum absolute atomic E-state index is 0.202. The lowest BCUT2D eigenvalue weighted by atomic mass is 9.95. The highest BCUT2D eigenvalue weighted by molar-refractivity contribution is 14.1. The van der Waals surface area contributed by atoms with Crippen molar-refractivity contribution in [3.63, 3.8) is 0 Å². The SMILES string of the molecule is O=C(NCCCI)C1(c2ccccc2)CC1. The Labute approximate surface area is 110 Å². The summed E-state index contributed by atoms with van der Waals surface area (Å²) in [7, 11) is 0. The molecule has 1 amide bonds. The minimum atomic E-state index is -0.202. The van der Waals surface area contributed by atoms with Crippen LogP contribution in [0.1, 0.15) is 24.8 Å². The molecule has 0 radical (unpaired) electrons. The van der Waals surface area contributed by atoms with E-state index in [1.54, 1.807) is 0 Å². The fourth-order valence-electron chi connectivity index (χ4n) is 1.97. The Balaban J connectivity index is 2.00. The van der Waals surface area contributed by atoms with Crippen LogP contribution < -0.4 is 5.32 Å². The van der Waals surface area contributed by atoms with Crippen LogP contribution in [0.2, 0.25) is 0 Å². The zero-order valence-electron chi connectivity index (χ0n) is 9.21. The lowest BCUT2D eigenvalue weighted by molar-refractivity contribution is -0.123. The van der Waals surface area contributed by atoms with Gasteiger partial charge >= 0.3 is 0 Å². The number of hydrogen-bond acceptors (Lipinski definition) is 1. The van der Waals surface area contributed by atoms with E-state index in [1.807, 2.05) is 18.2 Å². The average molecular weight is 329 g/mol. The van der Waals surface area contributed by atoms with Crippen LogP contribution in [-0.2, 0) is 10.2 Å². The fourth-order valence-corrected chi connectivity index (χ4v) is 2.35. The number of benzene rings is 1. The molecule has 0 bridgehead atoms. The zero-order chi connectivity index (χ0) is 11.4. The maximum atomic E-state index is 12.1. The summed E-state index contributed by atoms with van der Waals surface area (Å²) < 4.78 is 1.09. The first-order valence-corrected chi connectivity index (χ1v) is 7.22. The number of halogens is 1. The van der Waals surface area contributed by atoms with Crippen molar-refractivity contribution in [1.29, 1.82) is 0 Å². The summed E-state index contributed by atoms with van der Waals surface area (Å²) in [5, 5.41) is 3.04. The van der Waals surface area contributed by atoms with E-state index in [4.69, 9.17) is 0 Å². The first-order chi connectivity index (χ1) is 7.79. The molecule has 0 heterocycles. The van der Waals surface area contributed by atoms with Gasteiger partial charge in [0.25, 0.3) is 0 Å². The number of rotatable bonds is 5. The number of hydrogen-bond donors (Lipinski definition) is 1. The zero-order valence-corrected chi connectivity index (χ0v) is 11.4. The summed E-state index contributed by atoms with van der Waals surface area (Å²) in [6.07, 6.45) is 3.04. The summed E-state index contributed by atoms with van der Waals surface area (Å²) in [6, 6.07) is 10.1. The van der Waals surface area contributed by atoms with E-state index in [9.17, 15) is 4.79 Å². The molecule has 0 aromatic heterocycles. The molecular formula is C13H16INO. The largest absolute Gasteiger partial charge is 0.355 e. The highest BCUT2D eigenvalue weighted by Crippen LogP contribution is 2.48. The summed E-state index contributed by atoms with van der Waals surface area (Å²) in [6.45, 7) is 0.802. The lowest BCUT2D eigenvalue weighted by Gasteiger charge is -2.15. The van der Waals surface area contributed by atoms with Crippen LogP contribution in [0, 0.1) is 0 Å². The van der Waals surface area contributed by atoms with E-state index in [0.29, 0.717) is 0 Å². The van der Waals surface area contributed by atoms with Gasteiger partial charge in [-0.05, 0) is 24.8 Å². The second kappa shape index (κ2) is 5.17. The van der Waals surface area contributed by atoms with Gasteiger partial charge in [-0.15, -0.1) is 0 Å². The van der Waals surface area contributed by atoms with E-state index in [0.717, 1.165) is 30.2 Å². The summed E-state index contributed by atoms with van der Waals surface area (Å²) in [4.78, 5) is 12.1. The van der Waals surface area contributed by atoms with E-state index in [2.05, 4.69) is 40.0 Å². The molecule has 2 nitrogen and oxygen atoms in total. The number of carbonyl (C=O) groups is 1. The van der Waals surface area contributed by atoms with Crippen molar-refractivity contribution in [3.05, 3.63) is 35.9 Å². The van der Waals surface area contributed by atoms with Crippen molar-refractivity contribution in [1.82, 2.24) is 5.32 Å². The molecule has 1 aliphatic rings. The molecule has 1 saturated carbocycles. The van der Waals surface area contributed by atoms with Crippen molar-refractivity contribution in [2.45, 2.75) is 24.7 Å². The van der Waals surface area contributed by atoms with Crippen LogP contribution >= 0.6 is 22.6 Å². The molecule has 1 aromatic rings. The minimum Gasteiger partial charge on any atom is -0.355 e. The normalized spacial score (nSPS) is 16.8. The van der Waals surface area contributed by atoms with E-state index >= 15 is 0 Å². The van der Waals surface area contributed by atoms with Gasteiger partial charge in [0.05, 0.1) is 5.41 Å². The van der Waals surface area contributed by atoms with Gasteiger partial charge in [0, 0.05) is 11.0 Å². The molecule has 0 aliphatic heterocycles. The molecule has 1 aliphatic carbocycles. The molecule has 0 saturated heterocycles. The standard InChI is InChI=1S/C13H16INO/c14-9-4-10-15-12(16)13(7-8-13)11-5-2-1-3-6-11/h1-3,5-6H,4,7-10H2,(H,15,16). The van der Waals surface area contributed by atoms with Gasteiger partial charge in [-0.25, -0.2) is 0 Å². The van der Waals surface area contributed by atoms with Gasteiger partial charge in [0.2, 0.25) is 5.91 Å². The fraction of sp³-hybridized carbons (Fsp3) is 0.462. The van der Waals surface area contributed by atoms with Crippen LogP contribution in [0.15, 0.2) is 30.3 Å². The van der Waals surface area contributed by atoms with Crippen molar-refractivity contribution in [3.8, 4) is 0 Å². The van der Waals surface area contributed by atoms with Crippen LogP contribution in [0.3, 0.4) is 0 Å². The van der Waals surface area contributed by atoms with Crippen molar-refractivity contribution in [2.75, 3.05) is 11.0 Å². The number of alkyl halides is 1. The van der Waals surface area contributed by atoms with E-state index in [-0.39, 0.29) is 11.3 Å². The second-order valence-electron chi connectivity index (χ2n) is 4.25. The Bertz CT molecular complexity index is 359. The predicted octanol–water partition coefficient (Wildman–Crippen LogP) is 2.66. The topological polar surface area (TPSA) is 29.1 Å². The Morgan fingerprint density at radius 1 is 1.31 bits per heavy atom. The number of amides is 1. The van der Waals surface area contributed by atoms with Crippen molar-refractivity contribution in [2.24, 2.45) is 0 Å². The molecule has 3 heteroatoms. The van der Waals surface area contributed by atoms with Gasteiger partial charge in [-0.1, -0.05) is 52.9 Å². The van der Waals surface area contributed by atoms with Gasteiger partial charge in [0.1, 0.15) is 0 Å². The molecule has 0 unspecified atom stereocenters. The Hall–Kier alpha value is -0.580. The van der Waals surface area contributed by atoms with Crippen LogP contribution in [0.5, 0.6) is 0 Å². The molecule has 1 aromatic carbocycles. The smallest absolute Gasteiger partial charge is 0.230 e. The van der Waals surface area contributed by atoms with Crippen LogP contribution in [-0.4, -0.2) is 16.9 Å². The van der Waals surface area contributed by atoms with Gasteiger partial charge < -0.3 is 5.32 Å². The van der Waals surface area contributed by atoms with Crippen LogP contribution in [0.4, 0.5) is 0 Å². The molecule has 1 N–H and O–H groups in total. The van der Waals surface area contributed by atoms with Gasteiger partial charge in [0.15, 0.2) is 0 Å². The van der Waals surface area contributed by atoms with Crippen molar-refractivity contribution >= 4 is 28.5 Å². The van der Waals surface area contributed by atoms with E-state index in [1.165, 1.54) is 5.56 Å². The third-order valence-electron chi connectivity index (χ3n) is 3.11. The molecular weight excluding hydrogens is 313 g/mol. The third kappa shape index (κ3) is 2.39. The molecule has 16 heavy (non-hydrogen) atoms. The average Bonchev–Trinajstić information content (AvgIpc) is 3.12. The quantitative estimate of drug-likeness (QED) is 0.502. The lowest BCUT2D eigenvalue weighted by Crippen LogP contribution is -2.35. The Morgan fingerprint density at radius 3 is 2.56 bits per heavy atom. The summed E-state index contributed by atoms with van der Waals surface area (Å²) >= 11 is 2.33. The maximum Gasteiger partial charge on any atom is 0.230 e. The second-order valence-corrected chi connectivity index (χ2v) is 5.33. The first kappa shape index (κ1) is 11.9. The Kier molecular flexibility index (Phi) is 3.84. The highest BCUT2D eigenvalue weighted by atomic mass is 127. The highest BCUT2D eigenvalue weighted by Gasteiger charge is 2.50. The molecule has 1 fully saturated rings. The van der Waals surface area contributed by atoms with Crippen LogP contribution in [0.25, 0.3) is 0 Å². The molecule has 0 atom stereocenters. The van der Waals surface area contributed by atoms with E-state index < -0.39 is 0 Å². The first-order valence-electron chi connectivity index (χ1n) is 5.69. The summed E-state index contributed by atoms with van der Waals surface area (Å²) in [5.74, 6) is 0.212. The molecule has 0 spiro atoms. The van der Waals surface area contributed by atoms with Gasteiger partial charge in [-0.2, -0.15) is 0 Å². The molecule has 2 rings (SSSR count). The predicted molar refractivity (Wildman–Crippen MR) is 73.9 cm³/mol. The number of carbonyl (C=O) groups excluding carboxylic acids is 1. The van der Waals surface area contributed by atoms with Crippen molar-refractivity contribution < 1.29 is 4.79 Å².